The Morgan fingerprint density at radius 2 is 1.96 bits per heavy atom. The molecular weight excluding hydrogens is 320 g/mol. The Hall–Kier alpha value is -2.53. The van der Waals surface area contributed by atoms with Gasteiger partial charge in [0.05, 0.1) is 20.5 Å². The van der Waals surface area contributed by atoms with Gasteiger partial charge in [-0.15, -0.1) is 0 Å². The SMILES string of the molecule is CS(=O)(=NC(=O)c1cncc(-c2ccccc2)c1)C1C=CC=CC1. The van der Waals surface area contributed by atoms with Crippen LogP contribution in [0.5, 0.6) is 0 Å². The van der Waals surface area contributed by atoms with E-state index in [2.05, 4.69) is 9.35 Å². The largest absolute Gasteiger partial charge is 0.286 e. The second kappa shape index (κ2) is 6.93. The molecule has 0 aliphatic heterocycles. The van der Waals surface area contributed by atoms with Gasteiger partial charge in [0, 0.05) is 24.2 Å². The molecule has 3 rings (SSSR count). The van der Waals surface area contributed by atoms with Crippen molar-refractivity contribution < 1.29 is 9.00 Å². The number of pyridine rings is 1. The molecular formula is C19H18N2O2S. The Bertz CT molecular complexity index is 923. The Balaban J connectivity index is 1.91. The summed E-state index contributed by atoms with van der Waals surface area (Å²) < 4.78 is 16.8. The third-order valence-corrected chi connectivity index (χ3v) is 5.86. The van der Waals surface area contributed by atoms with E-state index in [-0.39, 0.29) is 5.25 Å². The number of carbonyl (C=O) groups is 1. The fraction of sp³-hybridized carbons (Fsp3) is 0.158. The number of aromatic nitrogens is 1. The van der Waals surface area contributed by atoms with Gasteiger partial charge >= 0.3 is 0 Å². The van der Waals surface area contributed by atoms with Crippen LogP contribution in [-0.2, 0) is 9.73 Å². The summed E-state index contributed by atoms with van der Waals surface area (Å²) in [5.74, 6) is -0.490. The maximum atomic E-state index is 12.8. The second-order valence-electron chi connectivity index (χ2n) is 5.67. The molecule has 0 saturated heterocycles. The van der Waals surface area contributed by atoms with Crippen LogP contribution in [0.3, 0.4) is 0 Å². The molecule has 0 spiro atoms. The highest BCUT2D eigenvalue weighted by molar-refractivity contribution is 7.94. The van der Waals surface area contributed by atoms with Gasteiger partial charge in [-0.05, 0) is 18.1 Å². The van der Waals surface area contributed by atoms with Crippen LogP contribution >= 0.6 is 0 Å². The number of nitrogens with zero attached hydrogens (tertiary/aromatic N) is 2. The van der Waals surface area contributed by atoms with Crippen LogP contribution < -0.4 is 0 Å². The van der Waals surface area contributed by atoms with E-state index in [0.717, 1.165) is 11.1 Å². The third kappa shape index (κ3) is 3.68. The lowest BCUT2D eigenvalue weighted by Gasteiger charge is -2.14. The van der Waals surface area contributed by atoms with Crippen molar-refractivity contribution >= 4 is 15.6 Å². The van der Waals surface area contributed by atoms with Crippen molar-refractivity contribution in [3.05, 3.63) is 78.7 Å². The molecule has 24 heavy (non-hydrogen) atoms. The molecule has 1 heterocycles. The molecule has 0 fully saturated rings. The van der Waals surface area contributed by atoms with Gasteiger partial charge in [-0.1, -0.05) is 54.6 Å². The van der Waals surface area contributed by atoms with E-state index < -0.39 is 15.6 Å². The first kappa shape index (κ1) is 16.3. The van der Waals surface area contributed by atoms with Gasteiger partial charge in [0.1, 0.15) is 0 Å². The molecule has 1 aliphatic carbocycles. The Labute approximate surface area is 142 Å². The molecule has 0 N–H and O–H groups in total. The zero-order valence-electron chi connectivity index (χ0n) is 13.3. The molecule has 1 aromatic heterocycles. The van der Waals surface area contributed by atoms with E-state index in [4.69, 9.17) is 0 Å². The molecule has 0 radical (unpaired) electrons. The molecule has 5 heteroatoms. The first-order valence-electron chi connectivity index (χ1n) is 7.65. The van der Waals surface area contributed by atoms with E-state index in [0.29, 0.717) is 12.0 Å². The molecule has 0 bridgehead atoms. The van der Waals surface area contributed by atoms with Gasteiger partial charge in [0.25, 0.3) is 5.91 Å². The van der Waals surface area contributed by atoms with Crippen molar-refractivity contribution in [2.75, 3.05) is 6.26 Å². The molecule has 1 amide bonds. The molecule has 122 valence electrons. The Morgan fingerprint density at radius 1 is 1.17 bits per heavy atom. The number of allylic oxidation sites excluding steroid dienone is 3. The molecule has 1 aromatic carbocycles. The summed E-state index contributed by atoms with van der Waals surface area (Å²) in [6.45, 7) is 0. The van der Waals surface area contributed by atoms with Crippen molar-refractivity contribution in [2.45, 2.75) is 11.7 Å². The highest BCUT2D eigenvalue weighted by atomic mass is 32.2. The van der Waals surface area contributed by atoms with Crippen LogP contribution in [0.25, 0.3) is 11.1 Å². The Kier molecular flexibility index (Phi) is 4.71. The van der Waals surface area contributed by atoms with Crippen LogP contribution in [0, 0.1) is 0 Å². The van der Waals surface area contributed by atoms with Crippen LogP contribution in [0.15, 0.2) is 77.5 Å². The van der Waals surface area contributed by atoms with E-state index in [1.165, 1.54) is 12.5 Å². The average Bonchev–Trinajstić information content (AvgIpc) is 2.63. The van der Waals surface area contributed by atoms with Crippen LogP contribution in [0.2, 0.25) is 0 Å². The predicted molar refractivity (Wildman–Crippen MR) is 97.2 cm³/mol. The van der Waals surface area contributed by atoms with Crippen molar-refractivity contribution in [3.63, 3.8) is 0 Å². The van der Waals surface area contributed by atoms with Crippen molar-refractivity contribution in [1.82, 2.24) is 4.98 Å². The van der Waals surface area contributed by atoms with Crippen molar-refractivity contribution in [2.24, 2.45) is 4.36 Å². The predicted octanol–water partition coefficient (Wildman–Crippen LogP) is 3.87. The fourth-order valence-electron chi connectivity index (χ4n) is 2.51. The number of benzene rings is 1. The normalized spacial score (nSPS) is 18.8. The quantitative estimate of drug-likeness (QED) is 0.853. The standard InChI is InChI=1S/C19H18N2O2S/c1-24(23,18-10-6-3-7-11-18)21-19(22)17-12-16(13-20-14-17)15-8-4-2-5-9-15/h2-10,12-14,18H,11H2,1H3. The molecule has 2 aromatic rings. The molecule has 4 nitrogen and oxygen atoms in total. The lowest BCUT2D eigenvalue weighted by molar-refractivity contribution is 0.100. The van der Waals surface area contributed by atoms with Gasteiger partial charge < -0.3 is 0 Å². The zero-order valence-corrected chi connectivity index (χ0v) is 14.1. The van der Waals surface area contributed by atoms with E-state index >= 15 is 0 Å². The lowest BCUT2D eigenvalue weighted by atomic mass is 10.1. The molecule has 1 aliphatic rings. The minimum absolute atomic E-state index is 0.239. The Morgan fingerprint density at radius 3 is 2.67 bits per heavy atom. The van der Waals surface area contributed by atoms with Gasteiger partial charge in [0.2, 0.25) is 0 Å². The highest BCUT2D eigenvalue weighted by Gasteiger charge is 2.19. The second-order valence-corrected chi connectivity index (χ2v) is 8.18. The van der Waals surface area contributed by atoms with Gasteiger partial charge in [-0.3, -0.25) is 9.78 Å². The minimum atomic E-state index is -2.65. The fourth-order valence-corrected chi connectivity index (χ4v) is 3.93. The van der Waals surface area contributed by atoms with Crippen LogP contribution in [0.4, 0.5) is 0 Å². The van der Waals surface area contributed by atoms with Gasteiger partial charge in [0.15, 0.2) is 0 Å². The topological polar surface area (TPSA) is 59.4 Å². The number of hydrogen-bond donors (Lipinski definition) is 0. The molecule has 2 unspecified atom stereocenters. The average molecular weight is 338 g/mol. The van der Waals surface area contributed by atoms with Crippen LogP contribution in [-0.4, -0.2) is 26.6 Å². The van der Waals surface area contributed by atoms with Crippen molar-refractivity contribution in [3.8, 4) is 11.1 Å². The third-order valence-electron chi connectivity index (χ3n) is 3.86. The van der Waals surface area contributed by atoms with E-state index in [1.54, 1.807) is 12.3 Å². The van der Waals surface area contributed by atoms with Crippen molar-refractivity contribution in [1.29, 1.82) is 0 Å². The lowest BCUT2D eigenvalue weighted by Crippen LogP contribution is -2.19. The number of carbonyl (C=O) groups excluding carboxylic acids is 1. The summed E-state index contributed by atoms with van der Waals surface area (Å²) >= 11 is 0. The molecule has 2 atom stereocenters. The van der Waals surface area contributed by atoms with Gasteiger partial charge in [-0.2, -0.15) is 4.36 Å². The summed E-state index contributed by atoms with van der Waals surface area (Å²) in [6.07, 6.45) is 12.9. The first-order chi connectivity index (χ1) is 11.6. The smallest absolute Gasteiger partial charge is 0.266 e. The molecule has 0 saturated carbocycles. The summed E-state index contributed by atoms with van der Waals surface area (Å²) in [4.78, 5) is 16.6. The monoisotopic (exact) mass is 338 g/mol. The maximum absolute atomic E-state index is 12.8. The highest BCUT2D eigenvalue weighted by Crippen LogP contribution is 2.20. The number of hydrogen-bond acceptors (Lipinski definition) is 3. The summed E-state index contributed by atoms with van der Waals surface area (Å²) in [5.41, 5.74) is 2.15. The van der Waals surface area contributed by atoms with Crippen LogP contribution in [0.1, 0.15) is 16.8 Å². The number of amides is 1. The summed E-state index contributed by atoms with van der Waals surface area (Å²) in [6, 6.07) is 11.4. The summed E-state index contributed by atoms with van der Waals surface area (Å²) in [5, 5.41) is -0.239. The van der Waals surface area contributed by atoms with E-state index in [1.807, 2.05) is 54.6 Å². The van der Waals surface area contributed by atoms with Gasteiger partial charge in [-0.25, -0.2) is 4.21 Å². The number of rotatable bonds is 3. The first-order valence-corrected chi connectivity index (χ1v) is 9.64. The minimum Gasteiger partial charge on any atom is -0.266 e. The summed E-state index contributed by atoms with van der Waals surface area (Å²) in [7, 11) is -2.65. The van der Waals surface area contributed by atoms with E-state index in [9.17, 15) is 9.00 Å². The zero-order chi connectivity index (χ0) is 17.0. The maximum Gasteiger partial charge on any atom is 0.286 e.